The summed E-state index contributed by atoms with van der Waals surface area (Å²) in [4.78, 5) is 28.8. The Hall–Kier alpha value is -3.48. The van der Waals surface area contributed by atoms with E-state index in [2.05, 4.69) is 10.00 Å². The van der Waals surface area contributed by atoms with E-state index in [1.807, 2.05) is 31.2 Å². The van der Waals surface area contributed by atoms with Gasteiger partial charge >= 0.3 is 0 Å². The molecule has 1 fully saturated rings. The Morgan fingerprint density at radius 2 is 1.70 bits per heavy atom. The van der Waals surface area contributed by atoms with Crippen LogP contribution >= 0.6 is 0 Å². The van der Waals surface area contributed by atoms with Crippen molar-refractivity contribution < 1.29 is 9.18 Å². The van der Waals surface area contributed by atoms with Crippen LogP contribution in [0.15, 0.2) is 65.5 Å². The summed E-state index contributed by atoms with van der Waals surface area (Å²) in [5.74, 6) is -0.127. The van der Waals surface area contributed by atoms with Gasteiger partial charge in [0.25, 0.3) is 11.5 Å². The molecule has 1 aliphatic rings. The van der Waals surface area contributed by atoms with Crippen LogP contribution in [-0.2, 0) is 0 Å². The van der Waals surface area contributed by atoms with Crippen LogP contribution in [0, 0.1) is 12.7 Å². The Morgan fingerprint density at radius 1 is 0.933 bits per heavy atom. The first-order chi connectivity index (χ1) is 14.5. The van der Waals surface area contributed by atoms with E-state index < -0.39 is 5.82 Å². The highest BCUT2D eigenvalue weighted by molar-refractivity contribution is 5.94. The predicted molar refractivity (Wildman–Crippen MR) is 114 cm³/mol. The van der Waals surface area contributed by atoms with Gasteiger partial charge in [0.15, 0.2) is 0 Å². The number of hydrogen-bond donors (Lipinski definition) is 0. The van der Waals surface area contributed by atoms with Gasteiger partial charge in [-0.15, -0.1) is 5.10 Å². The molecule has 2 heterocycles. The summed E-state index contributed by atoms with van der Waals surface area (Å²) in [6, 6.07) is 16.9. The average Bonchev–Trinajstić information content (AvgIpc) is 3.01. The lowest BCUT2D eigenvalue weighted by molar-refractivity contribution is 0.0762. The first kappa shape index (κ1) is 19.8. The second kappa shape index (κ2) is 8.49. The van der Waals surface area contributed by atoms with Gasteiger partial charge in [-0.3, -0.25) is 9.59 Å². The first-order valence-electron chi connectivity index (χ1n) is 9.99. The molecule has 7 heteroatoms. The molecule has 0 N–H and O–H groups in total. The maximum Gasteiger partial charge on any atom is 0.271 e. The molecule has 1 aromatic heterocycles. The zero-order valence-electron chi connectivity index (χ0n) is 16.8. The highest BCUT2D eigenvalue weighted by Crippen LogP contribution is 2.16. The molecule has 154 valence electrons. The molecule has 1 saturated heterocycles. The van der Waals surface area contributed by atoms with E-state index in [-0.39, 0.29) is 17.0 Å². The number of aromatic nitrogens is 2. The van der Waals surface area contributed by atoms with Crippen LogP contribution in [0.1, 0.15) is 22.3 Å². The van der Waals surface area contributed by atoms with Gasteiger partial charge < -0.3 is 9.80 Å². The maximum absolute atomic E-state index is 14.0. The van der Waals surface area contributed by atoms with Gasteiger partial charge in [0.2, 0.25) is 0 Å². The number of halogens is 1. The van der Waals surface area contributed by atoms with Gasteiger partial charge in [0, 0.05) is 32.2 Å². The lowest BCUT2D eigenvalue weighted by atomic mass is 10.2. The van der Waals surface area contributed by atoms with Crippen molar-refractivity contribution in [3.05, 3.63) is 88.0 Å². The summed E-state index contributed by atoms with van der Waals surface area (Å²) in [6.07, 6.45) is 0.728. The maximum atomic E-state index is 14.0. The summed E-state index contributed by atoms with van der Waals surface area (Å²) in [6.45, 7) is 4.24. The van der Waals surface area contributed by atoms with Crippen molar-refractivity contribution in [3.63, 3.8) is 0 Å². The van der Waals surface area contributed by atoms with Gasteiger partial charge in [-0.25, -0.2) is 4.39 Å². The summed E-state index contributed by atoms with van der Waals surface area (Å²) >= 11 is 0. The Bertz CT molecular complexity index is 1110. The molecule has 0 unspecified atom stereocenters. The number of carbonyl (C=O) groups is 1. The van der Waals surface area contributed by atoms with Crippen molar-refractivity contribution in [2.24, 2.45) is 0 Å². The zero-order valence-corrected chi connectivity index (χ0v) is 16.8. The fraction of sp³-hybridized carbons (Fsp3) is 0.261. The predicted octanol–water partition coefficient (Wildman–Crippen LogP) is 3.03. The molecule has 1 aliphatic heterocycles. The Balaban J connectivity index is 1.53. The smallest absolute Gasteiger partial charge is 0.271 e. The fourth-order valence-electron chi connectivity index (χ4n) is 3.60. The van der Waals surface area contributed by atoms with Crippen molar-refractivity contribution in [1.82, 2.24) is 14.7 Å². The Kier molecular flexibility index (Phi) is 5.61. The van der Waals surface area contributed by atoms with Gasteiger partial charge in [0.05, 0.1) is 11.3 Å². The normalized spacial score (nSPS) is 14.5. The third-order valence-electron chi connectivity index (χ3n) is 5.28. The first-order valence-corrected chi connectivity index (χ1v) is 9.99. The molecule has 6 nitrogen and oxygen atoms in total. The van der Waals surface area contributed by atoms with E-state index in [4.69, 9.17) is 0 Å². The van der Waals surface area contributed by atoms with Gasteiger partial charge in [-0.1, -0.05) is 29.8 Å². The van der Waals surface area contributed by atoms with Crippen molar-refractivity contribution in [1.29, 1.82) is 0 Å². The minimum Gasteiger partial charge on any atom is -0.353 e. The van der Waals surface area contributed by atoms with Crippen molar-refractivity contribution in [2.75, 3.05) is 31.1 Å². The summed E-state index contributed by atoms with van der Waals surface area (Å²) in [7, 11) is 0. The van der Waals surface area contributed by atoms with Gasteiger partial charge in [-0.05, 0) is 43.7 Å². The zero-order chi connectivity index (χ0) is 21.1. The lowest BCUT2D eigenvalue weighted by Gasteiger charge is -2.23. The van der Waals surface area contributed by atoms with Crippen LogP contribution in [0.4, 0.5) is 10.2 Å². The van der Waals surface area contributed by atoms with Crippen LogP contribution in [0.2, 0.25) is 0 Å². The number of aryl methyl sites for hydroxylation is 1. The Labute approximate surface area is 174 Å². The second-order valence-corrected chi connectivity index (χ2v) is 7.39. The van der Waals surface area contributed by atoms with E-state index >= 15 is 0 Å². The molecule has 1 amide bonds. The highest BCUT2D eigenvalue weighted by atomic mass is 19.1. The highest BCUT2D eigenvalue weighted by Gasteiger charge is 2.23. The Morgan fingerprint density at radius 3 is 2.47 bits per heavy atom. The summed E-state index contributed by atoms with van der Waals surface area (Å²) < 4.78 is 15.4. The topological polar surface area (TPSA) is 58.4 Å². The lowest BCUT2D eigenvalue weighted by Crippen LogP contribution is -2.36. The SMILES string of the molecule is Cc1ccc(-n2nc(N3CCCN(C(=O)c4ccccc4F)CC3)ccc2=O)cc1. The quantitative estimate of drug-likeness (QED) is 0.671. The van der Waals surface area contributed by atoms with Crippen LogP contribution < -0.4 is 10.5 Å². The largest absolute Gasteiger partial charge is 0.353 e. The van der Waals surface area contributed by atoms with E-state index in [1.165, 1.54) is 22.9 Å². The van der Waals surface area contributed by atoms with Crippen LogP contribution in [0.5, 0.6) is 0 Å². The molecule has 0 spiro atoms. The fourth-order valence-corrected chi connectivity index (χ4v) is 3.60. The van der Waals surface area contributed by atoms with Crippen molar-refractivity contribution >= 4 is 11.7 Å². The number of hydrogen-bond acceptors (Lipinski definition) is 4. The van der Waals surface area contributed by atoms with Crippen molar-refractivity contribution in [2.45, 2.75) is 13.3 Å². The number of benzene rings is 2. The number of amides is 1. The molecule has 0 radical (unpaired) electrons. The number of anilines is 1. The minimum atomic E-state index is -0.504. The minimum absolute atomic E-state index is 0.0944. The van der Waals surface area contributed by atoms with E-state index in [0.717, 1.165) is 12.0 Å². The van der Waals surface area contributed by atoms with Gasteiger partial charge in [-0.2, -0.15) is 4.68 Å². The monoisotopic (exact) mass is 406 g/mol. The molecule has 3 aromatic rings. The van der Waals surface area contributed by atoms with Crippen LogP contribution in [-0.4, -0.2) is 46.8 Å². The molecule has 0 bridgehead atoms. The molecular weight excluding hydrogens is 383 g/mol. The summed E-state index contributed by atoms with van der Waals surface area (Å²) in [5.41, 5.74) is 1.71. The molecule has 0 aliphatic carbocycles. The summed E-state index contributed by atoms with van der Waals surface area (Å²) in [5, 5.41) is 4.55. The molecular formula is C23H23FN4O2. The third kappa shape index (κ3) is 4.10. The molecule has 30 heavy (non-hydrogen) atoms. The number of nitrogens with zero attached hydrogens (tertiary/aromatic N) is 4. The van der Waals surface area contributed by atoms with E-state index in [1.54, 1.807) is 23.1 Å². The molecule has 4 rings (SSSR count). The second-order valence-electron chi connectivity index (χ2n) is 7.39. The average molecular weight is 406 g/mol. The van der Waals surface area contributed by atoms with Gasteiger partial charge in [0.1, 0.15) is 11.6 Å². The molecule has 2 aromatic carbocycles. The number of carbonyl (C=O) groups excluding carboxylic acids is 1. The standard InChI is InChI=1S/C23H23FN4O2/c1-17-7-9-18(10-8-17)28-22(29)12-11-21(25-28)26-13-4-14-27(16-15-26)23(30)19-5-2-3-6-20(19)24/h2-3,5-12H,4,13-16H2,1H3. The number of rotatable bonds is 3. The third-order valence-corrected chi connectivity index (χ3v) is 5.28. The molecule has 0 saturated carbocycles. The van der Waals surface area contributed by atoms with E-state index in [9.17, 15) is 14.0 Å². The van der Waals surface area contributed by atoms with Crippen molar-refractivity contribution in [3.8, 4) is 5.69 Å². The van der Waals surface area contributed by atoms with E-state index in [0.29, 0.717) is 37.7 Å². The van der Waals surface area contributed by atoms with Crippen LogP contribution in [0.3, 0.4) is 0 Å². The molecule has 0 atom stereocenters. The van der Waals surface area contributed by atoms with Crippen LogP contribution in [0.25, 0.3) is 5.69 Å².